The molecule has 26 heavy (non-hydrogen) atoms. The van der Waals surface area contributed by atoms with Gasteiger partial charge in [-0.25, -0.2) is 13.1 Å². The van der Waals surface area contributed by atoms with Crippen LogP contribution in [0.3, 0.4) is 0 Å². The van der Waals surface area contributed by atoms with Gasteiger partial charge in [-0.15, -0.1) is 0 Å². The van der Waals surface area contributed by atoms with Crippen LogP contribution in [0, 0.1) is 0 Å². The zero-order valence-corrected chi connectivity index (χ0v) is 15.4. The summed E-state index contributed by atoms with van der Waals surface area (Å²) in [4.78, 5) is 11.2. The zero-order valence-electron chi connectivity index (χ0n) is 14.6. The average molecular weight is 368 g/mol. The molecule has 3 rings (SSSR count). The summed E-state index contributed by atoms with van der Waals surface area (Å²) in [5, 5.41) is 4.79. The number of benzene rings is 3. The van der Waals surface area contributed by atoms with Crippen molar-refractivity contribution in [3.05, 3.63) is 72.3 Å². The monoisotopic (exact) mass is 368 g/mol. The second-order valence-electron chi connectivity index (χ2n) is 6.16. The third-order valence-electron chi connectivity index (χ3n) is 4.09. The van der Waals surface area contributed by atoms with Crippen molar-refractivity contribution in [1.82, 2.24) is 4.72 Å². The Hall–Kier alpha value is -2.70. The Morgan fingerprint density at radius 3 is 2.23 bits per heavy atom. The van der Waals surface area contributed by atoms with Crippen LogP contribution >= 0.6 is 0 Å². The maximum absolute atomic E-state index is 12.6. The third-order valence-corrected chi connectivity index (χ3v) is 5.65. The van der Waals surface area contributed by atoms with Crippen LogP contribution in [0.15, 0.2) is 71.6 Å². The van der Waals surface area contributed by atoms with E-state index in [1.165, 1.54) is 19.1 Å². The molecule has 6 heteroatoms. The van der Waals surface area contributed by atoms with Crippen LogP contribution in [-0.2, 0) is 14.8 Å². The molecule has 0 saturated heterocycles. The van der Waals surface area contributed by atoms with Gasteiger partial charge in [0.05, 0.1) is 4.90 Å². The standard InChI is InChI=1S/C20H20N2O3S/c1-14(17-8-7-16-5-3-4-6-18(16)13-17)22-26(24,25)20-11-9-19(10-12-20)21-15(2)23/h3-14,22H,1-2H3,(H,21,23). The van der Waals surface area contributed by atoms with E-state index in [2.05, 4.69) is 10.0 Å². The number of fused-ring (bicyclic) bond motifs is 1. The fourth-order valence-electron chi connectivity index (χ4n) is 2.77. The molecule has 3 aromatic rings. The minimum atomic E-state index is -3.67. The molecule has 1 amide bonds. The molecule has 3 aromatic carbocycles. The summed E-state index contributed by atoms with van der Waals surface area (Å²) in [5.74, 6) is -0.205. The molecule has 0 fully saturated rings. The maximum atomic E-state index is 12.6. The quantitative estimate of drug-likeness (QED) is 0.718. The van der Waals surface area contributed by atoms with E-state index in [1.54, 1.807) is 12.1 Å². The molecule has 0 aromatic heterocycles. The van der Waals surface area contributed by atoms with E-state index < -0.39 is 10.0 Å². The van der Waals surface area contributed by atoms with Gasteiger partial charge in [-0.2, -0.15) is 0 Å². The van der Waals surface area contributed by atoms with E-state index >= 15 is 0 Å². The van der Waals surface area contributed by atoms with Crippen LogP contribution in [0.1, 0.15) is 25.5 Å². The van der Waals surface area contributed by atoms with Crippen LogP contribution in [0.2, 0.25) is 0 Å². The van der Waals surface area contributed by atoms with Crippen LogP contribution in [0.5, 0.6) is 0 Å². The number of rotatable bonds is 5. The van der Waals surface area contributed by atoms with Gasteiger partial charge in [-0.05, 0) is 53.6 Å². The SMILES string of the molecule is CC(=O)Nc1ccc(S(=O)(=O)NC(C)c2ccc3ccccc3c2)cc1. The maximum Gasteiger partial charge on any atom is 0.241 e. The highest BCUT2D eigenvalue weighted by Crippen LogP contribution is 2.22. The van der Waals surface area contributed by atoms with E-state index in [-0.39, 0.29) is 16.8 Å². The van der Waals surface area contributed by atoms with Crippen molar-refractivity contribution in [2.45, 2.75) is 24.8 Å². The van der Waals surface area contributed by atoms with Gasteiger partial charge < -0.3 is 5.32 Å². The zero-order chi connectivity index (χ0) is 18.7. The molecule has 0 spiro atoms. The Morgan fingerprint density at radius 2 is 1.58 bits per heavy atom. The van der Waals surface area contributed by atoms with E-state index in [9.17, 15) is 13.2 Å². The highest BCUT2D eigenvalue weighted by Gasteiger charge is 2.18. The second-order valence-corrected chi connectivity index (χ2v) is 7.87. The molecule has 2 N–H and O–H groups in total. The van der Waals surface area contributed by atoms with Crippen molar-refractivity contribution in [3.8, 4) is 0 Å². The Morgan fingerprint density at radius 1 is 0.923 bits per heavy atom. The lowest BCUT2D eigenvalue weighted by atomic mass is 10.0. The molecule has 1 atom stereocenters. The number of amides is 1. The molecule has 1 unspecified atom stereocenters. The lowest BCUT2D eigenvalue weighted by molar-refractivity contribution is -0.114. The summed E-state index contributed by atoms with van der Waals surface area (Å²) >= 11 is 0. The van der Waals surface area contributed by atoms with Crippen molar-refractivity contribution in [2.24, 2.45) is 0 Å². The molecule has 5 nitrogen and oxygen atoms in total. The fraction of sp³-hybridized carbons (Fsp3) is 0.150. The van der Waals surface area contributed by atoms with Crippen LogP contribution < -0.4 is 10.0 Å². The van der Waals surface area contributed by atoms with Crippen molar-refractivity contribution in [1.29, 1.82) is 0 Å². The number of sulfonamides is 1. The predicted molar refractivity (Wildman–Crippen MR) is 103 cm³/mol. The van der Waals surface area contributed by atoms with Gasteiger partial charge in [0, 0.05) is 18.7 Å². The number of nitrogens with one attached hydrogen (secondary N) is 2. The summed E-state index contributed by atoms with van der Waals surface area (Å²) in [6.07, 6.45) is 0. The molecule has 0 saturated carbocycles. The molecule has 0 heterocycles. The summed E-state index contributed by atoms with van der Waals surface area (Å²) in [7, 11) is -3.67. The normalized spacial score (nSPS) is 12.7. The molecule has 0 aliphatic carbocycles. The van der Waals surface area contributed by atoms with Gasteiger partial charge in [0.15, 0.2) is 0 Å². The largest absolute Gasteiger partial charge is 0.326 e. The number of carbonyl (C=O) groups excluding carboxylic acids is 1. The van der Waals surface area contributed by atoms with E-state index in [0.29, 0.717) is 5.69 Å². The van der Waals surface area contributed by atoms with Crippen LogP contribution in [-0.4, -0.2) is 14.3 Å². The first-order valence-corrected chi connectivity index (χ1v) is 9.72. The van der Waals surface area contributed by atoms with Crippen LogP contribution in [0.25, 0.3) is 10.8 Å². The summed E-state index contributed by atoms with van der Waals surface area (Å²) in [6.45, 7) is 3.21. The van der Waals surface area contributed by atoms with E-state index in [0.717, 1.165) is 16.3 Å². The molecule has 0 radical (unpaired) electrons. The lowest BCUT2D eigenvalue weighted by Crippen LogP contribution is -2.26. The number of hydrogen-bond acceptors (Lipinski definition) is 3. The summed E-state index contributed by atoms with van der Waals surface area (Å²) in [6, 6.07) is 19.5. The highest BCUT2D eigenvalue weighted by molar-refractivity contribution is 7.89. The molecular formula is C20H20N2O3S. The Balaban J connectivity index is 1.80. The van der Waals surface area contributed by atoms with Gasteiger partial charge in [0.1, 0.15) is 0 Å². The third kappa shape index (κ3) is 4.09. The molecule has 134 valence electrons. The first-order valence-electron chi connectivity index (χ1n) is 8.24. The Kier molecular flexibility index (Phi) is 5.06. The van der Waals surface area contributed by atoms with E-state index in [1.807, 2.05) is 49.4 Å². The number of carbonyl (C=O) groups is 1. The summed E-state index contributed by atoms with van der Waals surface area (Å²) < 4.78 is 27.9. The van der Waals surface area contributed by atoms with Crippen molar-refractivity contribution in [2.75, 3.05) is 5.32 Å². The Bertz CT molecular complexity index is 1040. The van der Waals surface area contributed by atoms with Gasteiger partial charge in [0.25, 0.3) is 0 Å². The van der Waals surface area contributed by atoms with Gasteiger partial charge in [-0.3, -0.25) is 4.79 Å². The average Bonchev–Trinajstić information content (AvgIpc) is 2.61. The minimum Gasteiger partial charge on any atom is -0.326 e. The Labute approximate surface area is 153 Å². The first-order chi connectivity index (χ1) is 12.3. The van der Waals surface area contributed by atoms with Gasteiger partial charge >= 0.3 is 0 Å². The number of hydrogen-bond donors (Lipinski definition) is 2. The van der Waals surface area contributed by atoms with Gasteiger partial charge in [-0.1, -0.05) is 36.4 Å². The lowest BCUT2D eigenvalue weighted by Gasteiger charge is -2.15. The molecule has 0 aliphatic heterocycles. The topological polar surface area (TPSA) is 75.3 Å². The first kappa shape index (κ1) is 18.1. The fourth-order valence-corrected chi connectivity index (χ4v) is 4.00. The summed E-state index contributed by atoms with van der Waals surface area (Å²) in [5.41, 5.74) is 1.45. The van der Waals surface area contributed by atoms with Gasteiger partial charge in [0.2, 0.25) is 15.9 Å². The van der Waals surface area contributed by atoms with Crippen molar-refractivity contribution in [3.63, 3.8) is 0 Å². The second kappa shape index (κ2) is 7.27. The molecule has 0 bridgehead atoms. The highest BCUT2D eigenvalue weighted by atomic mass is 32.2. The van der Waals surface area contributed by atoms with Crippen molar-refractivity contribution < 1.29 is 13.2 Å². The predicted octanol–water partition coefficient (Wildman–Crippen LogP) is 3.84. The van der Waals surface area contributed by atoms with Crippen molar-refractivity contribution >= 4 is 32.4 Å². The molecular weight excluding hydrogens is 348 g/mol. The van der Waals surface area contributed by atoms with E-state index in [4.69, 9.17) is 0 Å². The van der Waals surface area contributed by atoms with Crippen LogP contribution in [0.4, 0.5) is 5.69 Å². The smallest absolute Gasteiger partial charge is 0.241 e. The molecule has 0 aliphatic rings. The minimum absolute atomic E-state index is 0.152. The number of anilines is 1.